The molecule has 2 aromatic carbocycles. The monoisotopic (exact) mass is 384 g/mol. The van der Waals surface area contributed by atoms with E-state index in [-0.39, 0.29) is 12.3 Å². The number of hydrogen-bond donors (Lipinski definition) is 3. The van der Waals surface area contributed by atoms with E-state index in [1.807, 2.05) is 6.07 Å². The summed E-state index contributed by atoms with van der Waals surface area (Å²) in [5.41, 5.74) is 1.08. The molecule has 0 aromatic heterocycles. The Hall–Kier alpha value is -2.37. The lowest BCUT2D eigenvalue weighted by molar-refractivity contribution is -0.385. The normalized spacial score (nSPS) is 10.9. The van der Waals surface area contributed by atoms with Gasteiger partial charge in [-0.3, -0.25) is 14.3 Å². The van der Waals surface area contributed by atoms with Gasteiger partial charge in [0.1, 0.15) is 0 Å². The molecule has 26 heavy (non-hydrogen) atoms. The summed E-state index contributed by atoms with van der Waals surface area (Å²) in [5.74, 6) is 0. The van der Waals surface area contributed by atoms with E-state index in [2.05, 4.69) is 9.32 Å². The molecule has 0 aliphatic rings. The van der Waals surface area contributed by atoms with Gasteiger partial charge in [0, 0.05) is 17.2 Å². The number of nitrogens with zero attached hydrogens (tertiary/aromatic N) is 1. The van der Waals surface area contributed by atoms with Crippen molar-refractivity contribution in [3.05, 3.63) is 75.8 Å². The molecular formula is C16H20N2O7S. The molecule has 0 amide bonds. The Balaban J connectivity index is 0.000000314. The number of aryl methyl sites for hydroxylation is 1. The van der Waals surface area contributed by atoms with E-state index < -0.39 is 21.5 Å². The maximum atomic E-state index is 10.7. The van der Waals surface area contributed by atoms with Crippen LogP contribution in [0.15, 0.2) is 54.6 Å². The van der Waals surface area contributed by atoms with Crippen LogP contribution in [-0.4, -0.2) is 30.2 Å². The number of nitro benzene ring substituents is 1. The van der Waals surface area contributed by atoms with Crippen LogP contribution in [0, 0.1) is 10.1 Å². The molecule has 4 N–H and O–H groups in total. The third-order valence-corrected chi connectivity index (χ3v) is 3.62. The first kappa shape index (κ1) is 21.7. The second-order valence-corrected chi connectivity index (χ2v) is 6.31. The topological polar surface area (TPSA) is 153 Å². The lowest BCUT2D eigenvalue weighted by Gasteiger charge is -2.02. The SMILES string of the molecule is NS(=O)(=O)OCCCc1ccccc1[N+](=O)[O-].OC(O)c1ccccc1. The summed E-state index contributed by atoms with van der Waals surface area (Å²) in [7, 11) is -3.94. The molecule has 0 aliphatic heterocycles. The first-order chi connectivity index (χ1) is 12.2. The van der Waals surface area contributed by atoms with Crippen LogP contribution < -0.4 is 5.14 Å². The zero-order valence-corrected chi connectivity index (χ0v) is 14.6. The van der Waals surface area contributed by atoms with Crippen LogP contribution in [-0.2, 0) is 20.9 Å². The van der Waals surface area contributed by atoms with Crippen LogP contribution in [0.3, 0.4) is 0 Å². The van der Waals surface area contributed by atoms with E-state index in [0.717, 1.165) is 0 Å². The van der Waals surface area contributed by atoms with Gasteiger partial charge in [-0.2, -0.15) is 8.42 Å². The minimum Gasteiger partial charge on any atom is -0.364 e. The molecule has 0 radical (unpaired) electrons. The molecule has 0 aliphatic carbocycles. The molecule has 10 heteroatoms. The van der Waals surface area contributed by atoms with Crippen LogP contribution in [0.1, 0.15) is 23.8 Å². The van der Waals surface area contributed by atoms with Gasteiger partial charge in [-0.1, -0.05) is 48.5 Å². The van der Waals surface area contributed by atoms with E-state index in [1.54, 1.807) is 42.5 Å². The maximum absolute atomic E-state index is 10.7. The molecule has 0 fully saturated rings. The summed E-state index contributed by atoms with van der Waals surface area (Å²) in [5, 5.41) is 32.5. The second kappa shape index (κ2) is 10.6. The molecule has 0 heterocycles. The van der Waals surface area contributed by atoms with Crippen LogP contribution in [0.2, 0.25) is 0 Å². The molecule has 2 aromatic rings. The fourth-order valence-corrected chi connectivity index (χ4v) is 2.31. The fourth-order valence-electron chi connectivity index (χ4n) is 1.96. The number of aliphatic hydroxyl groups is 2. The van der Waals surface area contributed by atoms with Gasteiger partial charge in [0.15, 0.2) is 6.29 Å². The van der Waals surface area contributed by atoms with Gasteiger partial charge in [-0.15, -0.1) is 0 Å². The summed E-state index contributed by atoms with van der Waals surface area (Å²) in [6.07, 6.45) is -0.653. The molecule has 9 nitrogen and oxygen atoms in total. The minimum atomic E-state index is -3.94. The van der Waals surface area contributed by atoms with E-state index in [9.17, 15) is 18.5 Å². The highest BCUT2D eigenvalue weighted by Gasteiger charge is 2.12. The average Bonchev–Trinajstić information content (AvgIpc) is 2.59. The van der Waals surface area contributed by atoms with Crippen LogP contribution >= 0.6 is 0 Å². The Morgan fingerprint density at radius 1 is 1.08 bits per heavy atom. The van der Waals surface area contributed by atoms with Crippen molar-refractivity contribution in [3.8, 4) is 0 Å². The maximum Gasteiger partial charge on any atom is 0.333 e. The molecule has 0 saturated heterocycles. The Morgan fingerprint density at radius 2 is 1.65 bits per heavy atom. The first-order valence-corrected chi connectivity index (χ1v) is 8.98. The zero-order chi connectivity index (χ0) is 19.6. The minimum absolute atomic E-state index is 0.0168. The number of aliphatic hydroxyl groups excluding tert-OH is 1. The molecule has 0 atom stereocenters. The molecule has 0 saturated carbocycles. The van der Waals surface area contributed by atoms with Gasteiger partial charge >= 0.3 is 10.3 Å². The van der Waals surface area contributed by atoms with Gasteiger partial charge in [0.05, 0.1) is 11.5 Å². The predicted octanol–water partition coefficient (Wildman–Crippen LogP) is 1.42. The highest BCUT2D eigenvalue weighted by atomic mass is 32.2. The number of rotatable bonds is 7. The molecule has 0 bridgehead atoms. The van der Waals surface area contributed by atoms with Crippen molar-refractivity contribution in [2.75, 3.05) is 6.61 Å². The summed E-state index contributed by atoms with van der Waals surface area (Å²) < 4.78 is 25.3. The van der Waals surface area contributed by atoms with Gasteiger partial charge in [0.25, 0.3) is 5.69 Å². The third kappa shape index (κ3) is 8.65. The van der Waals surface area contributed by atoms with Crippen LogP contribution in [0.4, 0.5) is 5.69 Å². The largest absolute Gasteiger partial charge is 0.364 e. The summed E-state index contributed by atoms with van der Waals surface area (Å²) in [4.78, 5) is 10.2. The van der Waals surface area contributed by atoms with Crippen molar-refractivity contribution in [2.24, 2.45) is 5.14 Å². The van der Waals surface area contributed by atoms with Crippen LogP contribution in [0.25, 0.3) is 0 Å². The van der Waals surface area contributed by atoms with Gasteiger partial charge in [-0.25, -0.2) is 5.14 Å². The molecule has 142 valence electrons. The molecule has 0 unspecified atom stereocenters. The summed E-state index contributed by atoms with van der Waals surface area (Å²) in [6, 6.07) is 14.9. The van der Waals surface area contributed by atoms with Gasteiger partial charge in [0.2, 0.25) is 0 Å². The Bertz CT molecular complexity index is 795. The zero-order valence-electron chi connectivity index (χ0n) is 13.8. The Kier molecular flexibility index (Phi) is 8.82. The number of hydrogen-bond acceptors (Lipinski definition) is 7. The second-order valence-electron chi connectivity index (χ2n) is 5.09. The summed E-state index contributed by atoms with van der Waals surface area (Å²) >= 11 is 0. The standard InChI is InChI=1S/C9H12N2O5S.C7H8O2/c10-17(14,15)16-7-3-5-8-4-1-2-6-9(8)11(12)13;8-7(9)6-4-2-1-3-5-6/h1-2,4,6H,3,5,7H2,(H2,10,14,15);1-5,7-9H. The number of nitro groups is 1. The van der Waals surface area contributed by atoms with Gasteiger partial charge in [-0.05, 0) is 12.8 Å². The number of benzene rings is 2. The Morgan fingerprint density at radius 3 is 2.15 bits per heavy atom. The molecular weight excluding hydrogens is 364 g/mol. The quantitative estimate of drug-likeness (QED) is 0.282. The Labute approximate surface area is 151 Å². The third-order valence-electron chi connectivity index (χ3n) is 3.12. The molecule has 0 spiro atoms. The smallest absolute Gasteiger partial charge is 0.333 e. The van der Waals surface area contributed by atoms with E-state index >= 15 is 0 Å². The van der Waals surface area contributed by atoms with Crippen molar-refractivity contribution in [1.82, 2.24) is 0 Å². The lowest BCUT2D eigenvalue weighted by atomic mass is 10.1. The van der Waals surface area contributed by atoms with Crippen molar-refractivity contribution in [1.29, 1.82) is 0 Å². The number of para-hydroxylation sites is 1. The van der Waals surface area contributed by atoms with Crippen LogP contribution in [0.5, 0.6) is 0 Å². The van der Waals surface area contributed by atoms with Crippen molar-refractivity contribution >= 4 is 16.0 Å². The average molecular weight is 384 g/mol. The number of nitrogens with two attached hydrogens (primary N) is 1. The first-order valence-electron chi connectivity index (χ1n) is 7.51. The fraction of sp³-hybridized carbons (Fsp3) is 0.250. The van der Waals surface area contributed by atoms with Gasteiger partial charge < -0.3 is 10.2 Å². The van der Waals surface area contributed by atoms with Crippen molar-refractivity contribution in [3.63, 3.8) is 0 Å². The highest BCUT2D eigenvalue weighted by Crippen LogP contribution is 2.19. The van der Waals surface area contributed by atoms with E-state index in [4.69, 9.17) is 10.2 Å². The van der Waals surface area contributed by atoms with Crippen molar-refractivity contribution in [2.45, 2.75) is 19.1 Å². The summed E-state index contributed by atoms with van der Waals surface area (Å²) in [6.45, 7) is -0.0924. The van der Waals surface area contributed by atoms with Crippen molar-refractivity contribution < 1.29 is 27.7 Å². The predicted molar refractivity (Wildman–Crippen MR) is 94.1 cm³/mol. The van der Waals surface area contributed by atoms with E-state index in [1.165, 1.54) is 6.07 Å². The van der Waals surface area contributed by atoms with E-state index in [0.29, 0.717) is 24.0 Å². The lowest BCUT2D eigenvalue weighted by Crippen LogP contribution is -2.16. The highest BCUT2D eigenvalue weighted by molar-refractivity contribution is 7.84. The molecule has 2 rings (SSSR count).